The molecule has 2 rings (SSSR count). The molecular weight excluding hydrogens is 186 g/mol. The Labute approximate surface area is 83.1 Å². The van der Waals surface area contributed by atoms with Crippen molar-refractivity contribution < 1.29 is 0 Å². The third-order valence-corrected chi connectivity index (χ3v) is 2.77. The molecule has 3 nitrogen and oxygen atoms in total. The molecule has 1 aliphatic heterocycles. The van der Waals surface area contributed by atoms with Gasteiger partial charge < -0.3 is 9.88 Å². The molecule has 0 aliphatic carbocycles. The molecule has 1 aliphatic rings. The summed E-state index contributed by atoms with van der Waals surface area (Å²) in [6.07, 6.45) is 4.21. The van der Waals surface area contributed by atoms with Crippen molar-refractivity contribution in [1.29, 1.82) is 0 Å². The first kappa shape index (κ1) is 9.03. The van der Waals surface area contributed by atoms with Crippen molar-refractivity contribution >= 4 is 11.6 Å². The van der Waals surface area contributed by atoms with Crippen LogP contribution in [0.25, 0.3) is 0 Å². The molecular formula is C9H14ClN3. The first-order valence-corrected chi connectivity index (χ1v) is 5.04. The number of aryl methyl sites for hydroxylation is 1. The standard InChI is InChI=1S/C9H14ClN3/c1-13-6-8(10)12-9(13)7-2-4-11-5-3-7/h6-7,11H,2-5H2,1H3. The summed E-state index contributed by atoms with van der Waals surface area (Å²) in [5.74, 6) is 1.71. The minimum Gasteiger partial charge on any atom is -0.336 e. The molecule has 1 aromatic rings. The maximum Gasteiger partial charge on any atom is 0.147 e. The normalized spacial score (nSPS) is 19.2. The molecule has 1 saturated heterocycles. The highest BCUT2D eigenvalue weighted by atomic mass is 35.5. The van der Waals surface area contributed by atoms with E-state index in [0.29, 0.717) is 11.1 Å². The van der Waals surface area contributed by atoms with E-state index < -0.39 is 0 Å². The van der Waals surface area contributed by atoms with E-state index in [1.54, 1.807) is 0 Å². The summed E-state index contributed by atoms with van der Waals surface area (Å²) in [6, 6.07) is 0. The van der Waals surface area contributed by atoms with Gasteiger partial charge in [-0.25, -0.2) is 4.98 Å². The van der Waals surface area contributed by atoms with Crippen LogP contribution >= 0.6 is 11.6 Å². The number of rotatable bonds is 1. The molecule has 72 valence electrons. The van der Waals surface area contributed by atoms with Crippen molar-refractivity contribution in [3.05, 3.63) is 17.2 Å². The average Bonchev–Trinajstić information content (AvgIpc) is 2.47. The highest BCUT2D eigenvalue weighted by Crippen LogP contribution is 2.24. The Bertz CT molecular complexity index is 289. The molecule has 0 saturated carbocycles. The monoisotopic (exact) mass is 199 g/mol. The van der Waals surface area contributed by atoms with Gasteiger partial charge in [0, 0.05) is 19.2 Å². The van der Waals surface area contributed by atoms with Crippen molar-refractivity contribution in [1.82, 2.24) is 14.9 Å². The molecule has 0 radical (unpaired) electrons. The summed E-state index contributed by atoms with van der Waals surface area (Å²) in [4.78, 5) is 4.33. The first-order chi connectivity index (χ1) is 6.27. The Kier molecular flexibility index (Phi) is 2.56. The molecule has 1 N–H and O–H groups in total. The van der Waals surface area contributed by atoms with Gasteiger partial charge in [-0.15, -0.1) is 0 Å². The van der Waals surface area contributed by atoms with Gasteiger partial charge >= 0.3 is 0 Å². The predicted octanol–water partition coefficient (Wildman–Crippen LogP) is 1.54. The number of nitrogens with zero attached hydrogens (tertiary/aromatic N) is 2. The molecule has 0 atom stereocenters. The number of piperidine rings is 1. The van der Waals surface area contributed by atoms with Crippen LogP contribution in [0.1, 0.15) is 24.6 Å². The molecule has 2 heterocycles. The second-order valence-electron chi connectivity index (χ2n) is 3.56. The summed E-state index contributed by atoms with van der Waals surface area (Å²) >= 11 is 5.84. The summed E-state index contributed by atoms with van der Waals surface area (Å²) in [5, 5.41) is 3.95. The summed E-state index contributed by atoms with van der Waals surface area (Å²) < 4.78 is 2.04. The minimum absolute atomic E-state index is 0.582. The lowest BCUT2D eigenvalue weighted by molar-refractivity contribution is 0.437. The number of aromatic nitrogens is 2. The Morgan fingerprint density at radius 2 is 2.23 bits per heavy atom. The fourth-order valence-corrected chi connectivity index (χ4v) is 2.14. The Morgan fingerprint density at radius 3 is 2.77 bits per heavy atom. The molecule has 1 aromatic heterocycles. The molecule has 0 amide bonds. The van der Waals surface area contributed by atoms with Crippen molar-refractivity contribution in [3.63, 3.8) is 0 Å². The lowest BCUT2D eigenvalue weighted by Crippen LogP contribution is -2.27. The Balaban J connectivity index is 2.18. The van der Waals surface area contributed by atoms with Crippen LogP contribution in [-0.4, -0.2) is 22.6 Å². The van der Waals surface area contributed by atoms with Crippen LogP contribution in [0.2, 0.25) is 5.15 Å². The topological polar surface area (TPSA) is 29.9 Å². The third kappa shape index (κ3) is 1.86. The van der Waals surface area contributed by atoms with Gasteiger partial charge in [0.2, 0.25) is 0 Å². The van der Waals surface area contributed by atoms with Crippen LogP contribution in [0, 0.1) is 0 Å². The van der Waals surface area contributed by atoms with E-state index in [2.05, 4.69) is 10.3 Å². The van der Waals surface area contributed by atoms with E-state index >= 15 is 0 Å². The number of halogens is 1. The fraction of sp³-hybridized carbons (Fsp3) is 0.667. The van der Waals surface area contributed by atoms with Crippen LogP contribution in [0.4, 0.5) is 0 Å². The van der Waals surface area contributed by atoms with Gasteiger partial charge in [-0.2, -0.15) is 0 Å². The van der Waals surface area contributed by atoms with Gasteiger partial charge in [0.1, 0.15) is 11.0 Å². The van der Waals surface area contributed by atoms with Gasteiger partial charge in [-0.05, 0) is 25.9 Å². The largest absolute Gasteiger partial charge is 0.336 e. The zero-order valence-electron chi connectivity index (χ0n) is 7.76. The molecule has 0 unspecified atom stereocenters. The molecule has 4 heteroatoms. The lowest BCUT2D eigenvalue weighted by atomic mass is 9.97. The maximum atomic E-state index is 5.84. The minimum atomic E-state index is 0.582. The Hall–Kier alpha value is -0.540. The van der Waals surface area contributed by atoms with Gasteiger partial charge in [0.15, 0.2) is 0 Å². The van der Waals surface area contributed by atoms with Crippen LogP contribution in [0.15, 0.2) is 6.20 Å². The van der Waals surface area contributed by atoms with Crippen LogP contribution < -0.4 is 5.32 Å². The third-order valence-electron chi connectivity index (χ3n) is 2.59. The zero-order chi connectivity index (χ0) is 9.26. The van der Waals surface area contributed by atoms with Gasteiger partial charge in [-0.3, -0.25) is 0 Å². The molecule has 0 aromatic carbocycles. The fourth-order valence-electron chi connectivity index (χ4n) is 1.90. The maximum absolute atomic E-state index is 5.84. The highest BCUT2D eigenvalue weighted by Gasteiger charge is 2.19. The van der Waals surface area contributed by atoms with Crippen molar-refractivity contribution in [2.75, 3.05) is 13.1 Å². The number of imidazole rings is 1. The van der Waals surface area contributed by atoms with E-state index in [-0.39, 0.29) is 0 Å². The first-order valence-electron chi connectivity index (χ1n) is 4.67. The summed E-state index contributed by atoms with van der Waals surface area (Å²) in [7, 11) is 2.01. The second kappa shape index (κ2) is 3.68. The van der Waals surface area contributed by atoms with E-state index in [1.165, 1.54) is 12.8 Å². The van der Waals surface area contributed by atoms with E-state index in [0.717, 1.165) is 18.9 Å². The van der Waals surface area contributed by atoms with E-state index in [9.17, 15) is 0 Å². The number of hydrogen-bond donors (Lipinski definition) is 1. The number of nitrogens with one attached hydrogen (secondary N) is 1. The van der Waals surface area contributed by atoms with Crippen molar-refractivity contribution in [2.24, 2.45) is 7.05 Å². The number of hydrogen-bond acceptors (Lipinski definition) is 2. The predicted molar refractivity (Wildman–Crippen MR) is 53.1 cm³/mol. The van der Waals surface area contributed by atoms with Crippen LogP contribution in [0.3, 0.4) is 0 Å². The van der Waals surface area contributed by atoms with Crippen molar-refractivity contribution in [3.8, 4) is 0 Å². The second-order valence-corrected chi connectivity index (χ2v) is 3.94. The van der Waals surface area contributed by atoms with Crippen LogP contribution in [-0.2, 0) is 7.05 Å². The quantitative estimate of drug-likeness (QED) is 0.744. The van der Waals surface area contributed by atoms with Crippen molar-refractivity contribution in [2.45, 2.75) is 18.8 Å². The molecule has 0 spiro atoms. The van der Waals surface area contributed by atoms with E-state index in [1.807, 2.05) is 17.8 Å². The van der Waals surface area contributed by atoms with Gasteiger partial charge in [0.25, 0.3) is 0 Å². The smallest absolute Gasteiger partial charge is 0.147 e. The highest BCUT2D eigenvalue weighted by molar-refractivity contribution is 6.29. The summed E-state index contributed by atoms with van der Waals surface area (Å²) in [6.45, 7) is 2.18. The van der Waals surface area contributed by atoms with Gasteiger partial charge in [0.05, 0.1) is 0 Å². The van der Waals surface area contributed by atoms with E-state index in [4.69, 9.17) is 11.6 Å². The lowest BCUT2D eigenvalue weighted by Gasteiger charge is -2.21. The zero-order valence-corrected chi connectivity index (χ0v) is 8.51. The molecule has 13 heavy (non-hydrogen) atoms. The summed E-state index contributed by atoms with van der Waals surface area (Å²) in [5.41, 5.74) is 0. The van der Waals surface area contributed by atoms with Crippen LogP contribution in [0.5, 0.6) is 0 Å². The van der Waals surface area contributed by atoms with Gasteiger partial charge in [-0.1, -0.05) is 11.6 Å². The Morgan fingerprint density at radius 1 is 1.54 bits per heavy atom. The average molecular weight is 200 g/mol. The SMILES string of the molecule is Cn1cc(Cl)nc1C1CCNCC1. The molecule has 1 fully saturated rings. The molecule has 0 bridgehead atoms.